The topological polar surface area (TPSA) is 91.8 Å². The molecule has 2 fully saturated rings. The third-order valence-corrected chi connectivity index (χ3v) is 8.03. The molecule has 0 bridgehead atoms. The van der Waals surface area contributed by atoms with E-state index < -0.39 is 25.1 Å². The molecule has 2 aliphatic heterocycles. The lowest BCUT2D eigenvalue weighted by molar-refractivity contribution is 0.259. The fourth-order valence-corrected chi connectivity index (χ4v) is 7.27. The van der Waals surface area contributed by atoms with Crippen LogP contribution in [0.3, 0.4) is 0 Å². The Morgan fingerprint density at radius 3 is 2.56 bits per heavy atom. The molecule has 2 atom stereocenters. The maximum Gasteiger partial charge on any atom is 0.218 e. The van der Waals surface area contributed by atoms with Crippen molar-refractivity contribution in [2.45, 2.75) is 24.5 Å². The molecule has 1 N–H and O–H groups in total. The standard InChI is InChI=1S/C10H19NO5S2/c12-5-2-9-1-4-11(7-9)18(15,16)10-3-6-17(13,14)8-10/h9-10,12H,1-8H2. The molecule has 2 saturated heterocycles. The van der Waals surface area contributed by atoms with E-state index in [4.69, 9.17) is 5.11 Å². The quantitative estimate of drug-likeness (QED) is 0.734. The molecule has 2 heterocycles. The maximum absolute atomic E-state index is 12.3. The molecule has 0 aliphatic carbocycles. The zero-order valence-electron chi connectivity index (χ0n) is 10.2. The van der Waals surface area contributed by atoms with Crippen molar-refractivity contribution in [3.05, 3.63) is 0 Å². The fourth-order valence-electron chi connectivity index (χ4n) is 2.65. The van der Waals surface area contributed by atoms with Crippen LogP contribution in [0.1, 0.15) is 19.3 Å². The van der Waals surface area contributed by atoms with E-state index in [2.05, 4.69) is 0 Å². The molecular formula is C10H19NO5S2. The van der Waals surface area contributed by atoms with Gasteiger partial charge < -0.3 is 5.11 Å². The van der Waals surface area contributed by atoms with Crippen LogP contribution in [0.5, 0.6) is 0 Å². The normalized spacial score (nSPS) is 32.9. The minimum absolute atomic E-state index is 0.0230. The van der Waals surface area contributed by atoms with Crippen molar-refractivity contribution in [3.63, 3.8) is 0 Å². The molecule has 8 heteroatoms. The average molecular weight is 297 g/mol. The first-order valence-electron chi connectivity index (χ1n) is 6.15. The highest BCUT2D eigenvalue weighted by Crippen LogP contribution is 2.28. The van der Waals surface area contributed by atoms with E-state index in [0.29, 0.717) is 19.5 Å². The van der Waals surface area contributed by atoms with E-state index in [1.807, 2.05) is 0 Å². The Morgan fingerprint density at radius 1 is 1.28 bits per heavy atom. The van der Waals surface area contributed by atoms with Crippen molar-refractivity contribution in [1.82, 2.24) is 4.31 Å². The van der Waals surface area contributed by atoms with E-state index in [0.717, 1.165) is 6.42 Å². The third kappa shape index (κ3) is 2.87. The van der Waals surface area contributed by atoms with Gasteiger partial charge >= 0.3 is 0 Å². The van der Waals surface area contributed by atoms with Gasteiger partial charge in [0.25, 0.3) is 0 Å². The lowest BCUT2D eigenvalue weighted by Crippen LogP contribution is -2.38. The van der Waals surface area contributed by atoms with Crippen LogP contribution >= 0.6 is 0 Å². The largest absolute Gasteiger partial charge is 0.396 e. The van der Waals surface area contributed by atoms with Crippen molar-refractivity contribution < 1.29 is 21.9 Å². The van der Waals surface area contributed by atoms with Crippen LogP contribution in [-0.4, -0.2) is 62.7 Å². The number of hydrogen-bond acceptors (Lipinski definition) is 5. The van der Waals surface area contributed by atoms with E-state index in [9.17, 15) is 16.8 Å². The summed E-state index contributed by atoms with van der Waals surface area (Å²) in [7, 11) is -6.67. The van der Waals surface area contributed by atoms with Crippen molar-refractivity contribution in [2.24, 2.45) is 5.92 Å². The Kier molecular flexibility index (Phi) is 4.01. The number of aliphatic hydroxyl groups excluding tert-OH is 1. The molecule has 0 spiro atoms. The molecule has 0 radical (unpaired) electrons. The molecule has 0 aromatic rings. The van der Waals surface area contributed by atoms with E-state index in [1.165, 1.54) is 4.31 Å². The molecule has 0 amide bonds. The smallest absolute Gasteiger partial charge is 0.218 e. The number of aliphatic hydroxyl groups is 1. The maximum atomic E-state index is 12.3. The van der Waals surface area contributed by atoms with Gasteiger partial charge in [-0.1, -0.05) is 0 Å². The van der Waals surface area contributed by atoms with Crippen LogP contribution in [0.25, 0.3) is 0 Å². The van der Waals surface area contributed by atoms with Gasteiger partial charge in [-0.25, -0.2) is 21.1 Å². The molecule has 0 saturated carbocycles. The molecule has 18 heavy (non-hydrogen) atoms. The average Bonchev–Trinajstić information content (AvgIpc) is 2.86. The number of sulfonamides is 1. The summed E-state index contributed by atoms with van der Waals surface area (Å²) in [5, 5.41) is 8.08. The first kappa shape index (κ1) is 14.2. The summed E-state index contributed by atoms with van der Waals surface area (Å²) in [6.45, 7) is 0.930. The summed E-state index contributed by atoms with van der Waals surface area (Å²) in [6, 6.07) is 0. The van der Waals surface area contributed by atoms with Crippen LogP contribution in [0.4, 0.5) is 0 Å². The molecule has 0 aromatic heterocycles. The third-order valence-electron chi connectivity index (χ3n) is 3.76. The Morgan fingerprint density at radius 2 is 2.00 bits per heavy atom. The van der Waals surface area contributed by atoms with Crippen molar-refractivity contribution in [3.8, 4) is 0 Å². The second-order valence-corrected chi connectivity index (χ2v) is 9.54. The highest BCUT2D eigenvalue weighted by molar-refractivity contribution is 7.95. The monoisotopic (exact) mass is 297 g/mol. The van der Waals surface area contributed by atoms with Crippen molar-refractivity contribution in [1.29, 1.82) is 0 Å². The van der Waals surface area contributed by atoms with Gasteiger partial charge in [-0.05, 0) is 25.2 Å². The summed E-state index contributed by atoms with van der Waals surface area (Å²) >= 11 is 0. The second kappa shape index (κ2) is 5.07. The highest BCUT2D eigenvalue weighted by atomic mass is 32.2. The molecule has 2 unspecified atom stereocenters. The van der Waals surface area contributed by atoms with Crippen molar-refractivity contribution in [2.75, 3.05) is 31.2 Å². The van der Waals surface area contributed by atoms with Gasteiger partial charge in [0, 0.05) is 19.7 Å². The lowest BCUT2D eigenvalue weighted by Gasteiger charge is -2.20. The summed E-state index contributed by atoms with van der Waals surface area (Å²) in [5.41, 5.74) is 0. The van der Waals surface area contributed by atoms with Crippen LogP contribution in [0.2, 0.25) is 0 Å². The molecule has 6 nitrogen and oxygen atoms in total. The van der Waals surface area contributed by atoms with E-state index >= 15 is 0 Å². The summed E-state index contributed by atoms with van der Waals surface area (Å²) < 4.78 is 48.7. The molecule has 2 aliphatic rings. The van der Waals surface area contributed by atoms with Gasteiger partial charge in [0.05, 0.1) is 16.8 Å². The summed E-state index contributed by atoms with van der Waals surface area (Å²) in [6.07, 6.45) is 1.57. The predicted molar refractivity (Wildman–Crippen MR) is 67.4 cm³/mol. The Balaban J connectivity index is 2.05. The zero-order chi connectivity index (χ0) is 13.4. The lowest BCUT2D eigenvalue weighted by atomic mass is 10.1. The zero-order valence-corrected chi connectivity index (χ0v) is 11.8. The molecule has 106 valence electrons. The summed E-state index contributed by atoms with van der Waals surface area (Å²) in [5.74, 6) is -0.0656. The van der Waals surface area contributed by atoms with Crippen LogP contribution in [0.15, 0.2) is 0 Å². The molecule has 2 rings (SSSR count). The van der Waals surface area contributed by atoms with E-state index in [1.54, 1.807) is 0 Å². The minimum Gasteiger partial charge on any atom is -0.396 e. The highest BCUT2D eigenvalue weighted by Gasteiger charge is 2.42. The second-order valence-electron chi connectivity index (χ2n) is 5.09. The van der Waals surface area contributed by atoms with Gasteiger partial charge in [-0.2, -0.15) is 0 Å². The Hall–Kier alpha value is -0.180. The molecule has 0 aromatic carbocycles. The van der Waals surface area contributed by atoms with Gasteiger partial charge in [0.1, 0.15) is 0 Å². The number of rotatable bonds is 4. The Labute approximate surface area is 108 Å². The first-order chi connectivity index (χ1) is 8.35. The van der Waals surface area contributed by atoms with Crippen LogP contribution < -0.4 is 0 Å². The van der Waals surface area contributed by atoms with Crippen molar-refractivity contribution >= 4 is 19.9 Å². The number of sulfone groups is 1. The van der Waals surface area contributed by atoms with E-state index in [-0.39, 0.29) is 30.5 Å². The van der Waals surface area contributed by atoms with Crippen LogP contribution in [0, 0.1) is 5.92 Å². The van der Waals surface area contributed by atoms with Gasteiger partial charge in [0.2, 0.25) is 10.0 Å². The first-order valence-corrected chi connectivity index (χ1v) is 9.48. The number of hydrogen-bond donors (Lipinski definition) is 1. The van der Waals surface area contributed by atoms with Gasteiger partial charge in [0.15, 0.2) is 9.84 Å². The fraction of sp³-hybridized carbons (Fsp3) is 1.00. The Bertz CT molecular complexity index is 498. The predicted octanol–water partition coefficient (Wildman–Crippen LogP) is -0.792. The van der Waals surface area contributed by atoms with Gasteiger partial charge in [-0.15, -0.1) is 0 Å². The van der Waals surface area contributed by atoms with Crippen LogP contribution in [-0.2, 0) is 19.9 Å². The summed E-state index contributed by atoms with van der Waals surface area (Å²) in [4.78, 5) is 0. The number of nitrogens with zero attached hydrogens (tertiary/aromatic N) is 1. The molecular weight excluding hydrogens is 278 g/mol. The van der Waals surface area contributed by atoms with Gasteiger partial charge in [-0.3, -0.25) is 0 Å². The SMILES string of the molecule is O=S1(=O)CCC(S(=O)(=O)N2CCC(CCO)C2)C1. The minimum atomic E-state index is -3.49.